The van der Waals surface area contributed by atoms with Crippen molar-refractivity contribution in [2.75, 3.05) is 39.6 Å². The molecular formula is C28H34ClN3O5S. The van der Waals surface area contributed by atoms with Gasteiger partial charge >= 0.3 is 0 Å². The zero-order valence-electron chi connectivity index (χ0n) is 21.7. The Morgan fingerprint density at radius 2 is 1.84 bits per heavy atom. The molecule has 0 radical (unpaired) electrons. The van der Waals surface area contributed by atoms with Crippen molar-refractivity contribution >= 4 is 40.2 Å². The molecular weight excluding hydrogens is 526 g/mol. The number of carbonyl (C=O) groups is 1. The smallest absolute Gasteiger partial charge is 0.249 e. The van der Waals surface area contributed by atoms with Gasteiger partial charge in [-0.1, -0.05) is 11.6 Å². The molecule has 204 valence electrons. The first-order valence-corrected chi connectivity index (χ1v) is 14.0. The molecule has 0 bridgehead atoms. The summed E-state index contributed by atoms with van der Waals surface area (Å²) in [4.78, 5) is 20.7. The van der Waals surface area contributed by atoms with Gasteiger partial charge in [0.25, 0.3) is 0 Å². The highest BCUT2D eigenvalue weighted by Gasteiger charge is 2.41. The fourth-order valence-corrected chi connectivity index (χ4v) is 6.26. The number of rotatable bonds is 11. The monoisotopic (exact) mass is 559 g/mol. The van der Waals surface area contributed by atoms with Crippen molar-refractivity contribution in [3.8, 4) is 11.5 Å². The first kappa shape index (κ1) is 28.4. The van der Waals surface area contributed by atoms with E-state index in [1.807, 2.05) is 35.8 Å². The predicted molar refractivity (Wildman–Crippen MR) is 149 cm³/mol. The third-order valence-corrected chi connectivity index (χ3v) is 8.72. The lowest BCUT2D eigenvalue weighted by Gasteiger charge is -2.40. The Hall–Kier alpha value is -2.56. The number of thioether (sulfide) groups is 1. The summed E-state index contributed by atoms with van der Waals surface area (Å²) in [5, 5.41) is 21.8. The van der Waals surface area contributed by atoms with Crippen molar-refractivity contribution in [2.45, 2.75) is 36.7 Å². The van der Waals surface area contributed by atoms with Crippen molar-refractivity contribution < 1.29 is 24.6 Å². The van der Waals surface area contributed by atoms with Crippen molar-refractivity contribution in [1.82, 2.24) is 15.4 Å². The topological polar surface area (TPSA) is 104 Å². The van der Waals surface area contributed by atoms with E-state index in [-0.39, 0.29) is 0 Å². The minimum atomic E-state index is -0.901. The summed E-state index contributed by atoms with van der Waals surface area (Å²) in [6.45, 7) is 2.38. The van der Waals surface area contributed by atoms with Gasteiger partial charge in [0.05, 0.1) is 36.3 Å². The summed E-state index contributed by atoms with van der Waals surface area (Å²) in [5.41, 5.74) is 2.39. The van der Waals surface area contributed by atoms with E-state index >= 15 is 0 Å². The standard InChI is InChI=1S/C28H34ClN3O5S/c1-36-19-3-6-21(7-4-19)38-16-15-32-13-11-28(12-14-32,27(34)31-35)10-9-25(33)26-22-17-20(37-2)5-8-24(22)30-18-23(26)29/h3-8,17-18,25,33,35H,9-16H2,1-2H3,(H,31,34)/t25-/m1/s1. The maximum atomic E-state index is 12.8. The van der Waals surface area contributed by atoms with E-state index in [2.05, 4.69) is 22.0 Å². The molecule has 1 fully saturated rings. The average molecular weight is 560 g/mol. The molecule has 1 atom stereocenters. The van der Waals surface area contributed by atoms with Crippen molar-refractivity contribution in [3.63, 3.8) is 0 Å². The number of fused-ring (bicyclic) bond motifs is 1. The van der Waals surface area contributed by atoms with Crippen LogP contribution < -0.4 is 15.0 Å². The molecule has 38 heavy (non-hydrogen) atoms. The van der Waals surface area contributed by atoms with Gasteiger partial charge in [-0.25, -0.2) is 5.48 Å². The second-order valence-corrected chi connectivity index (χ2v) is 11.1. The van der Waals surface area contributed by atoms with E-state index in [0.29, 0.717) is 52.9 Å². The van der Waals surface area contributed by atoms with Crippen LogP contribution in [0.15, 0.2) is 53.6 Å². The van der Waals surface area contributed by atoms with Crippen LogP contribution in [0.25, 0.3) is 10.9 Å². The number of hydroxylamine groups is 1. The van der Waals surface area contributed by atoms with Crippen LogP contribution in [0, 0.1) is 5.41 Å². The number of amides is 1. The molecule has 2 heterocycles. The molecule has 8 nitrogen and oxygen atoms in total. The molecule has 0 unspecified atom stereocenters. The van der Waals surface area contributed by atoms with Gasteiger partial charge in [0.1, 0.15) is 11.5 Å². The second kappa shape index (κ2) is 13.0. The summed E-state index contributed by atoms with van der Waals surface area (Å²) in [5.74, 6) is 2.02. The quantitative estimate of drug-likeness (QED) is 0.169. The van der Waals surface area contributed by atoms with Gasteiger partial charge in [-0.15, -0.1) is 11.8 Å². The SMILES string of the molecule is COc1ccc(SCCN2CCC(CC[C@@H](O)c3c(Cl)cnc4ccc(OC)cc34)(C(=O)NO)CC2)cc1. The maximum absolute atomic E-state index is 12.8. The number of pyridine rings is 1. The first-order chi connectivity index (χ1) is 18.4. The van der Waals surface area contributed by atoms with Crippen LogP contribution in [0.3, 0.4) is 0 Å². The molecule has 1 aromatic heterocycles. The second-order valence-electron chi connectivity index (χ2n) is 9.54. The van der Waals surface area contributed by atoms with E-state index in [1.54, 1.807) is 26.0 Å². The highest BCUT2D eigenvalue weighted by atomic mass is 35.5. The van der Waals surface area contributed by atoms with Crippen LogP contribution in [-0.4, -0.2) is 65.7 Å². The molecule has 0 saturated carbocycles. The summed E-state index contributed by atoms with van der Waals surface area (Å²) < 4.78 is 10.6. The lowest BCUT2D eigenvalue weighted by atomic mass is 9.73. The largest absolute Gasteiger partial charge is 0.497 e. The Kier molecular flexibility index (Phi) is 9.73. The number of nitrogens with zero attached hydrogens (tertiary/aromatic N) is 2. The van der Waals surface area contributed by atoms with Crippen LogP contribution in [-0.2, 0) is 4.79 Å². The molecule has 0 spiro atoms. The normalized spacial score (nSPS) is 16.2. The number of aliphatic hydroxyl groups is 1. The van der Waals surface area contributed by atoms with Gasteiger partial charge in [-0.2, -0.15) is 0 Å². The van der Waals surface area contributed by atoms with Gasteiger partial charge in [0.2, 0.25) is 5.91 Å². The number of benzene rings is 2. The number of carbonyl (C=O) groups excluding carboxylic acids is 1. The highest BCUT2D eigenvalue weighted by Crippen LogP contribution is 2.41. The number of aromatic nitrogens is 1. The number of likely N-dealkylation sites (tertiary alicyclic amines) is 1. The lowest BCUT2D eigenvalue weighted by molar-refractivity contribution is -0.143. The van der Waals surface area contributed by atoms with Gasteiger partial charge in [-0.3, -0.25) is 15.0 Å². The molecule has 2 aromatic carbocycles. The van der Waals surface area contributed by atoms with Gasteiger partial charge in [0, 0.05) is 34.3 Å². The van der Waals surface area contributed by atoms with Crippen molar-refractivity contribution in [2.24, 2.45) is 5.41 Å². The Labute approximate surface area is 232 Å². The minimum Gasteiger partial charge on any atom is -0.497 e. The summed E-state index contributed by atoms with van der Waals surface area (Å²) >= 11 is 8.25. The van der Waals surface area contributed by atoms with E-state index in [0.717, 1.165) is 31.1 Å². The Morgan fingerprint density at radius 3 is 2.50 bits per heavy atom. The van der Waals surface area contributed by atoms with Gasteiger partial charge < -0.3 is 19.5 Å². The average Bonchev–Trinajstić information content (AvgIpc) is 2.96. The van der Waals surface area contributed by atoms with E-state index < -0.39 is 17.4 Å². The molecule has 1 aliphatic rings. The summed E-state index contributed by atoms with van der Waals surface area (Å²) in [7, 11) is 3.24. The number of halogens is 1. The number of nitrogens with one attached hydrogen (secondary N) is 1. The minimum absolute atomic E-state index is 0.316. The molecule has 0 aliphatic carbocycles. The predicted octanol–water partition coefficient (Wildman–Crippen LogP) is 5.10. The number of hydrogen-bond acceptors (Lipinski definition) is 8. The van der Waals surface area contributed by atoms with Gasteiger partial charge in [-0.05, 0) is 81.2 Å². The van der Waals surface area contributed by atoms with Crippen LogP contribution in [0.5, 0.6) is 11.5 Å². The molecule has 3 aromatic rings. The summed E-state index contributed by atoms with van der Waals surface area (Å²) in [6, 6.07) is 13.5. The molecule has 3 N–H and O–H groups in total. The van der Waals surface area contributed by atoms with Crippen LogP contribution >= 0.6 is 23.4 Å². The van der Waals surface area contributed by atoms with E-state index in [4.69, 9.17) is 21.1 Å². The Balaban J connectivity index is 1.37. The number of aliphatic hydroxyl groups excluding tert-OH is 1. The van der Waals surface area contributed by atoms with Crippen LogP contribution in [0.2, 0.25) is 5.02 Å². The molecule has 1 amide bonds. The number of hydrogen-bond donors (Lipinski definition) is 3. The van der Waals surface area contributed by atoms with Crippen molar-refractivity contribution in [3.05, 3.63) is 59.2 Å². The molecule has 1 saturated heterocycles. The van der Waals surface area contributed by atoms with E-state index in [1.165, 1.54) is 11.1 Å². The molecule has 4 rings (SSSR count). The maximum Gasteiger partial charge on any atom is 0.249 e. The number of ether oxygens (including phenoxy) is 2. The zero-order chi connectivity index (χ0) is 27.1. The fourth-order valence-electron chi connectivity index (χ4n) is 5.07. The molecule has 10 heteroatoms. The molecule has 1 aliphatic heterocycles. The number of methoxy groups -OCH3 is 2. The third-order valence-electron chi connectivity index (χ3n) is 7.43. The van der Waals surface area contributed by atoms with Crippen LogP contribution in [0.4, 0.5) is 0 Å². The van der Waals surface area contributed by atoms with Gasteiger partial charge in [0.15, 0.2) is 0 Å². The Morgan fingerprint density at radius 1 is 1.16 bits per heavy atom. The zero-order valence-corrected chi connectivity index (χ0v) is 23.2. The Bertz CT molecular complexity index is 1240. The van der Waals surface area contributed by atoms with Crippen molar-refractivity contribution in [1.29, 1.82) is 0 Å². The highest BCUT2D eigenvalue weighted by molar-refractivity contribution is 7.99. The van der Waals surface area contributed by atoms with Crippen LogP contribution in [0.1, 0.15) is 37.4 Å². The fraction of sp³-hybridized carbons (Fsp3) is 0.429. The lowest BCUT2D eigenvalue weighted by Crippen LogP contribution is -2.48. The summed E-state index contributed by atoms with van der Waals surface area (Å²) in [6.07, 6.45) is 2.56. The van der Waals surface area contributed by atoms with E-state index in [9.17, 15) is 15.1 Å². The third kappa shape index (κ3) is 6.52. The number of piperidine rings is 1. The first-order valence-electron chi connectivity index (χ1n) is 12.6.